The molecule has 1 N–H and O–H groups in total. The van der Waals surface area contributed by atoms with Crippen molar-refractivity contribution in [2.45, 2.75) is 0 Å². The third-order valence-electron chi connectivity index (χ3n) is 3.06. The van der Waals surface area contributed by atoms with Crippen LogP contribution in [-0.4, -0.2) is 23.2 Å². The molecule has 8 heteroatoms. The van der Waals surface area contributed by atoms with Gasteiger partial charge in [0, 0.05) is 17.4 Å². The maximum absolute atomic E-state index is 12.1. The standard InChI is InChI=1S/C16H13ClN4O2S/c17-14-4-2-13(3-5-14)8-11-24(22,23)20-15-6-7-16(18-12-15)21-10-1-9-19-21/h1-12,20H. The summed E-state index contributed by atoms with van der Waals surface area (Å²) in [7, 11) is -3.64. The van der Waals surface area contributed by atoms with E-state index in [0.717, 1.165) is 11.0 Å². The number of rotatable bonds is 5. The summed E-state index contributed by atoms with van der Waals surface area (Å²) >= 11 is 5.79. The maximum Gasteiger partial charge on any atom is 0.255 e. The second-order valence-electron chi connectivity index (χ2n) is 4.86. The quantitative estimate of drug-likeness (QED) is 0.757. The zero-order chi connectivity index (χ0) is 17.0. The van der Waals surface area contributed by atoms with E-state index in [1.807, 2.05) is 0 Å². The first-order valence-corrected chi connectivity index (χ1v) is 8.87. The second-order valence-corrected chi connectivity index (χ2v) is 6.86. The highest BCUT2D eigenvalue weighted by Crippen LogP contribution is 2.14. The fraction of sp³-hybridized carbons (Fsp3) is 0. The van der Waals surface area contributed by atoms with Gasteiger partial charge in [-0.05, 0) is 42.0 Å². The summed E-state index contributed by atoms with van der Waals surface area (Å²) in [6.07, 6.45) is 6.32. The lowest BCUT2D eigenvalue weighted by atomic mass is 10.2. The summed E-state index contributed by atoms with van der Waals surface area (Å²) in [6, 6.07) is 11.9. The van der Waals surface area contributed by atoms with Crippen molar-refractivity contribution in [2.24, 2.45) is 0 Å². The van der Waals surface area contributed by atoms with Crippen LogP contribution >= 0.6 is 11.6 Å². The summed E-state index contributed by atoms with van der Waals surface area (Å²) in [5.41, 5.74) is 1.10. The van der Waals surface area contributed by atoms with E-state index < -0.39 is 10.0 Å². The zero-order valence-electron chi connectivity index (χ0n) is 12.4. The predicted molar refractivity (Wildman–Crippen MR) is 94.4 cm³/mol. The van der Waals surface area contributed by atoms with Crippen molar-refractivity contribution in [3.63, 3.8) is 0 Å². The fourth-order valence-corrected chi connectivity index (χ4v) is 2.91. The number of halogens is 1. The van der Waals surface area contributed by atoms with Crippen LogP contribution in [0.5, 0.6) is 0 Å². The van der Waals surface area contributed by atoms with Gasteiger partial charge in [0.15, 0.2) is 5.82 Å². The molecule has 3 rings (SSSR count). The van der Waals surface area contributed by atoms with Crippen molar-refractivity contribution < 1.29 is 8.42 Å². The lowest BCUT2D eigenvalue weighted by Crippen LogP contribution is -2.09. The van der Waals surface area contributed by atoms with E-state index in [9.17, 15) is 8.42 Å². The molecule has 3 aromatic rings. The molecule has 122 valence electrons. The molecule has 0 aliphatic heterocycles. The van der Waals surface area contributed by atoms with Gasteiger partial charge in [-0.3, -0.25) is 4.72 Å². The first-order chi connectivity index (χ1) is 11.5. The molecule has 0 saturated carbocycles. The predicted octanol–water partition coefficient (Wildman–Crippen LogP) is 3.33. The van der Waals surface area contributed by atoms with Crippen LogP contribution < -0.4 is 4.72 Å². The van der Waals surface area contributed by atoms with Crippen LogP contribution in [0.2, 0.25) is 5.02 Å². The highest BCUT2D eigenvalue weighted by Gasteiger charge is 2.06. The van der Waals surface area contributed by atoms with Gasteiger partial charge in [0.2, 0.25) is 0 Å². The summed E-state index contributed by atoms with van der Waals surface area (Å²) in [6.45, 7) is 0. The minimum Gasteiger partial charge on any atom is -0.279 e. The SMILES string of the molecule is O=S(=O)(C=Cc1ccc(Cl)cc1)Nc1ccc(-n2cccn2)nc1. The van der Waals surface area contributed by atoms with Crippen molar-refractivity contribution in [2.75, 3.05) is 4.72 Å². The first kappa shape index (κ1) is 16.2. The number of nitrogens with one attached hydrogen (secondary N) is 1. The Morgan fingerprint density at radius 2 is 1.92 bits per heavy atom. The van der Waals surface area contributed by atoms with E-state index in [0.29, 0.717) is 16.5 Å². The van der Waals surface area contributed by atoms with E-state index in [-0.39, 0.29) is 0 Å². The van der Waals surface area contributed by atoms with Gasteiger partial charge in [0.1, 0.15) is 0 Å². The molecular formula is C16H13ClN4O2S. The van der Waals surface area contributed by atoms with Gasteiger partial charge < -0.3 is 0 Å². The van der Waals surface area contributed by atoms with Crippen molar-refractivity contribution >= 4 is 33.4 Å². The number of nitrogens with zero attached hydrogens (tertiary/aromatic N) is 3. The smallest absolute Gasteiger partial charge is 0.255 e. The van der Waals surface area contributed by atoms with E-state index in [2.05, 4.69) is 14.8 Å². The van der Waals surface area contributed by atoms with Crippen molar-refractivity contribution in [3.8, 4) is 5.82 Å². The van der Waals surface area contributed by atoms with Crippen molar-refractivity contribution in [3.05, 3.63) is 77.0 Å². The van der Waals surface area contributed by atoms with Crippen LogP contribution in [0, 0.1) is 0 Å². The topological polar surface area (TPSA) is 76.9 Å². The number of hydrogen-bond donors (Lipinski definition) is 1. The lowest BCUT2D eigenvalue weighted by molar-refractivity contribution is 0.609. The van der Waals surface area contributed by atoms with Crippen LogP contribution in [0.3, 0.4) is 0 Å². The number of hydrogen-bond acceptors (Lipinski definition) is 4. The van der Waals surface area contributed by atoms with Crippen LogP contribution in [0.4, 0.5) is 5.69 Å². The Kier molecular flexibility index (Phi) is 4.64. The van der Waals surface area contributed by atoms with E-state index in [1.54, 1.807) is 59.5 Å². The Bertz CT molecular complexity index is 935. The first-order valence-electron chi connectivity index (χ1n) is 6.94. The van der Waals surface area contributed by atoms with Gasteiger partial charge in [-0.15, -0.1) is 0 Å². The molecular weight excluding hydrogens is 348 g/mol. The van der Waals surface area contributed by atoms with Gasteiger partial charge in [-0.1, -0.05) is 23.7 Å². The van der Waals surface area contributed by atoms with Gasteiger partial charge in [-0.2, -0.15) is 5.10 Å². The molecule has 0 bridgehead atoms. The average molecular weight is 361 g/mol. The summed E-state index contributed by atoms with van der Waals surface area (Å²) in [4.78, 5) is 4.17. The molecule has 0 amide bonds. The molecule has 0 unspecified atom stereocenters. The molecule has 0 fully saturated rings. The number of aromatic nitrogens is 3. The molecule has 0 atom stereocenters. The molecule has 24 heavy (non-hydrogen) atoms. The Morgan fingerprint density at radius 1 is 1.12 bits per heavy atom. The van der Waals surface area contributed by atoms with E-state index in [4.69, 9.17) is 11.6 Å². The van der Waals surface area contributed by atoms with Crippen molar-refractivity contribution in [1.29, 1.82) is 0 Å². The lowest BCUT2D eigenvalue weighted by Gasteiger charge is -2.05. The third-order valence-corrected chi connectivity index (χ3v) is 4.32. The highest BCUT2D eigenvalue weighted by atomic mass is 35.5. The molecule has 0 radical (unpaired) electrons. The number of sulfonamides is 1. The molecule has 0 aliphatic rings. The summed E-state index contributed by atoms with van der Waals surface area (Å²) in [5, 5.41) is 5.74. The van der Waals surface area contributed by atoms with Gasteiger partial charge >= 0.3 is 0 Å². The largest absolute Gasteiger partial charge is 0.279 e. The van der Waals surface area contributed by atoms with Gasteiger partial charge in [0.05, 0.1) is 17.3 Å². The van der Waals surface area contributed by atoms with Crippen LogP contribution in [0.1, 0.15) is 5.56 Å². The third kappa shape index (κ3) is 4.21. The molecule has 0 saturated heterocycles. The van der Waals surface area contributed by atoms with Gasteiger partial charge in [0.25, 0.3) is 10.0 Å². The Morgan fingerprint density at radius 3 is 2.54 bits per heavy atom. The molecule has 2 heterocycles. The van der Waals surface area contributed by atoms with E-state index in [1.165, 1.54) is 12.3 Å². The Labute approximate surface area is 144 Å². The number of benzene rings is 1. The zero-order valence-corrected chi connectivity index (χ0v) is 13.9. The highest BCUT2D eigenvalue weighted by molar-refractivity contribution is 7.95. The van der Waals surface area contributed by atoms with Crippen LogP contribution in [0.15, 0.2) is 66.5 Å². The molecule has 2 aromatic heterocycles. The monoisotopic (exact) mass is 360 g/mol. The summed E-state index contributed by atoms with van der Waals surface area (Å²) in [5.74, 6) is 0.597. The second kappa shape index (κ2) is 6.86. The normalized spacial score (nSPS) is 11.7. The van der Waals surface area contributed by atoms with Gasteiger partial charge in [-0.25, -0.2) is 18.1 Å². The molecule has 6 nitrogen and oxygen atoms in total. The Balaban J connectivity index is 1.71. The minimum absolute atomic E-state index is 0.367. The minimum atomic E-state index is -3.64. The van der Waals surface area contributed by atoms with E-state index >= 15 is 0 Å². The maximum atomic E-state index is 12.1. The number of pyridine rings is 1. The molecule has 1 aromatic carbocycles. The van der Waals surface area contributed by atoms with Crippen LogP contribution in [-0.2, 0) is 10.0 Å². The summed E-state index contributed by atoms with van der Waals surface area (Å²) < 4.78 is 28.2. The fourth-order valence-electron chi connectivity index (χ4n) is 1.93. The average Bonchev–Trinajstić information content (AvgIpc) is 3.09. The molecule has 0 aliphatic carbocycles. The Hall–Kier alpha value is -2.64. The molecule has 0 spiro atoms. The van der Waals surface area contributed by atoms with Crippen LogP contribution in [0.25, 0.3) is 11.9 Å². The van der Waals surface area contributed by atoms with Crippen molar-refractivity contribution in [1.82, 2.24) is 14.8 Å². The number of anilines is 1.